The molecule has 1 heterocycles. The highest BCUT2D eigenvalue weighted by molar-refractivity contribution is 6.00. The second-order valence-corrected chi connectivity index (χ2v) is 4.70. The van der Waals surface area contributed by atoms with Crippen LogP contribution in [-0.4, -0.2) is 18.0 Å². The van der Waals surface area contributed by atoms with Crippen LogP contribution < -0.4 is 0 Å². The number of rotatable bonds is 2. The molecule has 1 aromatic rings. The Morgan fingerprint density at radius 2 is 2.06 bits per heavy atom. The highest BCUT2D eigenvalue weighted by Crippen LogP contribution is 2.24. The summed E-state index contributed by atoms with van der Waals surface area (Å²) in [7, 11) is 0. The third kappa shape index (κ3) is 2.17. The predicted octanol–water partition coefficient (Wildman–Crippen LogP) is 3.05. The molecule has 0 spiro atoms. The van der Waals surface area contributed by atoms with Crippen LogP contribution in [0.1, 0.15) is 41.3 Å². The van der Waals surface area contributed by atoms with Crippen LogP contribution in [0.2, 0.25) is 0 Å². The largest absolute Gasteiger partial charge is 0.367 e. The van der Waals surface area contributed by atoms with E-state index in [1.807, 2.05) is 39.0 Å². The minimum absolute atomic E-state index is 0.141. The second kappa shape index (κ2) is 4.38. The van der Waals surface area contributed by atoms with Gasteiger partial charge in [-0.2, -0.15) is 0 Å². The Balaban J connectivity index is 2.21. The summed E-state index contributed by atoms with van der Waals surface area (Å²) in [5.74, 6) is 0.141. The van der Waals surface area contributed by atoms with Gasteiger partial charge >= 0.3 is 0 Å². The van der Waals surface area contributed by atoms with Crippen molar-refractivity contribution in [2.45, 2.75) is 45.8 Å². The normalized spacial score (nSPS) is 24.7. The molecule has 0 radical (unpaired) electrons. The van der Waals surface area contributed by atoms with Crippen LogP contribution in [0.25, 0.3) is 0 Å². The van der Waals surface area contributed by atoms with Gasteiger partial charge in [0.1, 0.15) is 6.10 Å². The van der Waals surface area contributed by atoms with Crippen LogP contribution in [0.3, 0.4) is 0 Å². The van der Waals surface area contributed by atoms with E-state index >= 15 is 0 Å². The van der Waals surface area contributed by atoms with E-state index in [4.69, 9.17) is 4.74 Å². The molecule has 0 N–H and O–H groups in total. The molecule has 1 aromatic carbocycles. The molecule has 1 fully saturated rings. The average molecular weight is 218 g/mol. The molecule has 16 heavy (non-hydrogen) atoms. The smallest absolute Gasteiger partial charge is 0.191 e. The van der Waals surface area contributed by atoms with Crippen molar-refractivity contribution < 1.29 is 9.53 Å². The van der Waals surface area contributed by atoms with Crippen molar-refractivity contribution in [3.63, 3.8) is 0 Å². The van der Waals surface area contributed by atoms with Gasteiger partial charge < -0.3 is 4.74 Å². The van der Waals surface area contributed by atoms with Crippen molar-refractivity contribution in [1.29, 1.82) is 0 Å². The zero-order valence-corrected chi connectivity index (χ0v) is 10.1. The maximum Gasteiger partial charge on any atom is 0.191 e. The minimum atomic E-state index is -0.226. The van der Waals surface area contributed by atoms with E-state index in [0.717, 1.165) is 24.0 Å². The Morgan fingerprint density at radius 3 is 2.62 bits per heavy atom. The predicted molar refractivity (Wildman–Crippen MR) is 63.8 cm³/mol. The van der Waals surface area contributed by atoms with E-state index < -0.39 is 0 Å². The van der Waals surface area contributed by atoms with E-state index in [2.05, 4.69) is 0 Å². The number of aryl methyl sites for hydroxylation is 2. The zero-order chi connectivity index (χ0) is 11.7. The van der Waals surface area contributed by atoms with Crippen LogP contribution in [0.4, 0.5) is 0 Å². The number of carbonyl (C=O) groups is 1. The fourth-order valence-electron chi connectivity index (χ4n) is 2.26. The number of ether oxygens (including phenoxy) is 1. The standard InChI is InChI=1S/C14H18O2/c1-9-4-6-12(10(2)8-9)14(15)13-7-5-11(3)16-13/h4,6,8,11,13H,5,7H2,1-3H3. The molecule has 2 rings (SSSR count). The van der Waals surface area contributed by atoms with Crippen LogP contribution >= 0.6 is 0 Å². The SMILES string of the molecule is Cc1ccc(C(=O)C2CCC(C)O2)c(C)c1. The fourth-order valence-corrected chi connectivity index (χ4v) is 2.26. The number of hydrogen-bond donors (Lipinski definition) is 0. The number of ketones is 1. The summed E-state index contributed by atoms with van der Waals surface area (Å²) in [4.78, 5) is 12.2. The third-order valence-corrected chi connectivity index (χ3v) is 3.17. The lowest BCUT2D eigenvalue weighted by Gasteiger charge is -2.12. The molecule has 86 valence electrons. The van der Waals surface area contributed by atoms with E-state index in [0.29, 0.717) is 0 Å². The molecule has 2 heteroatoms. The van der Waals surface area contributed by atoms with Crippen LogP contribution in [0, 0.1) is 13.8 Å². The van der Waals surface area contributed by atoms with Crippen molar-refractivity contribution in [2.75, 3.05) is 0 Å². The summed E-state index contributed by atoms with van der Waals surface area (Å²) in [6.45, 7) is 6.04. The Kier molecular flexibility index (Phi) is 3.10. The van der Waals surface area contributed by atoms with Gasteiger partial charge in [-0.1, -0.05) is 23.8 Å². The van der Waals surface area contributed by atoms with Gasteiger partial charge in [0.15, 0.2) is 5.78 Å². The maximum atomic E-state index is 12.2. The molecule has 1 aliphatic rings. The van der Waals surface area contributed by atoms with E-state index in [1.165, 1.54) is 5.56 Å². The van der Waals surface area contributed by atoms with Crippen molar-refractivity contribution >= 4 is 5.78 Å². The Morgan fingerprint density at radius 1 is 1.31 bits per heavy atom. The van der Waals surface area contributed by atoms with Gasteiger partial charge in [-0.25, -0.2) is 0 Å². The minimum Gasteiger partial charge on any atom is -0.367 e. The summed E-state index contributed by atoms with van der Waals surface area (Å²) in [5.41, 5.74) is 3.05. The third-order valence-electron chi connectivity index (χ3n) is 3.17. The van der Waals surface area contributed by atoms with Gasteiger partial charge in [0, 0.05) is 5.56 Å². The van der Waals surface area contributed by atoms with Crippen molar-refractivity contribution in [3.8, 4) is 0 Å². The van der Waals surface area contributed by atoms with Crippen LogP contribution in [-0.2, 0) is 4.74 Å². The monoisotopic (exact) mass is 218 g/mol. The zero-order valence-electron chi connectivity index (χ0n) is 10.1. The Labute approximate surface area is 96.6 Å². The van der Waals surface area contributed by atoms with Gasteiger partial charge in [0.25, 0.3) is 0 Å². The molecular weight excluding hydrogens is 200 g/mol. The molecule has 2 nitrogen and oxygen atoms in total. The molecule has 1 saturated heterocycles. The van der Waals surface area contributed by atoms with Crippen LogP contribution in [0.5, 0.6) is 0 Å². The Bertz CT molecular complexity index is 409. The molecule has 0 amide bonds. The number of hydrogen-bond acceptors (Lipinski definition) is 2. The van der Waals surface area contributed by atoms with Gasteiger partial charge in [-0.3, -0.25) is 4.79 Å². The van der Waals surface area contributed by atoms with Gasteiger partial charge in [0.05, 0.1) is 6.10 Å². The summed E-state index contributed by atoms with van der Waals surface area (Å²) in [6, 6.07) is 5.95. The lowest BCUT2D eigenvalue weighted by atomic mass is 9.98. The summed E-state index contributed by atoms with van der Waals surface area (Å²) >= 11 is 0. The molecule has 2 atom stereocenters. The molecule has 2 unspecified atom stereocenters. The topological polar surface area (TPSA) is 26.3 Å². The van der Waals surface area contributed by atoms with E-state index in [1.54, 1.807) is 0 Å². The first-order valence-electron chi connectivity index (χ1n) is 5.85. The summed E-state index contributed by atoms with van der Waals surface area (Å²) in [5, 5.41) is 0. The Hall–Kier alpha value is -1.15. The molecule has 0 bridgehead atoms. The van der Waals surface area contributed by atoms with Crippen molar-refractivity contribution in [1.82, 2.24) is 0 Å². The highest BCUT2D eigenvalue weighted by atomic mass is 16.5. The lowest BCUT2D eigenvalue weighted by molar-refractivity contribution is 0.0433. The molecule has 0 saturated carbocycles. The molecule has 1 aliphatic heterocycles. The molecular formula is C14H18O2. The van der Waals surface area contributed by atoms with Crippen molar-refractivity contribution in [3.05, 3.63) is 34.9 Å². The number of benzene rings is 1. The lowest BCUT2D eigenvalue weighted by Crippen LogP contribution is -2.21. The maximum absolute atomic E-state index is 12.2. The fraction of sp³-hybridized carbons (Fsp3) is 0.500. The van der Waals surface area contributed by atoms with E-state index in [-0.39, 0.29) is 18.0 Å². The first-order chi connectivity index (χ1) is 7.58. The van der Waals surface area contributed by atoms with E-state index in [9.17, 15) is 4.79 Å². The summed E-state index contributed by atoms with van der Waals surface area (Å²) < 4.78 is 5.61. The average Bonchev–Trinajstić information content (AvgIpc) is 2.64. The number of carbonyl (C=O) groups excluding carboxylic acids is 1. The number of Topliss-reactive ketones (excluding diaryl/α,β-unsaturated/α-hetero) is 1. The van der Waals surface area contributed by atoms with Crippen LogP contribution in [0.15, 0.2) is 18.2 Å². The molecule has 0 aliphatic carbocycles. The highest BCUT2D eigenvalue weighted by Gasteiger charge is 2.29. The second-order valence-electron chi connectivity index (χ2n) is 4.70. The van der Waals surface area contributed by atoms with Gasteiger partial charge in [-0.05, 0) is 39.2 Å². The summed E-state index contributed by atoms with van der Waals surface area (Å²) in [6.07, 6.45) is 1.84. The van der Waals surface area contributed by atoms with Gasteiger partial charge in [0.2, 0.25) is 0 Å². The van der Waals surface area contributed by atoms with Gasteiger partial charge in [-0.15, -0.1) is 0 Å². The van der Waals surface area contributed by atoms with Crippen molar-refractivity contribution in [2.24, 2.45) is 0 Å². The first kappa shape index (κ1) is 11.3. The quantitative estimate of drug-likeness (QED) is 0.713. The molecule has 0 aromatic heterocycles. The first-order valence-corrected chi connectivity index (χ1v) is 5.85.